The van der Waals surface area contributed by atoms with E-state index in [2.05, 4.69) is 0 Å². The van der Waals surface area contributed by atoms with Crippen molar-refractivity contribution in [2.75, 3.05) is 12.4 Å². The Morgan fingerprint density at radius 1 is 1.44 bits per heavy atom. The highest BCUT2D eigenvalue weighted by Gasteiger charge is 2.21. The summed E-state index contributed by atoms with van der Waals surface area (Å²) in [6, 6.07) is 4.70. The van der Waals surface area contributed by atoms with Gasteiger partial charge in [-0.25, -0.2) is 4.39 Å². The molecule has 1 aromatic rings. The van der Waals surface area contributed by atoms with Crippen molar-refractivity contribution < 1.29 is 9.18 Å². The van der Waals surface area contributed by atoms with Crippen molar-refractivity contribution in [2.45, 2.75) is 33.2 Å². The summed E-state index contributed by atoms with van der Waals surface area (Å²) in [5.74, 6) is -0.239. The maximum Gasteiger partial charge on any atom is 0.257 e. The van der Waals surface area contributed by atoms with Crippen LogP contribution >= 0.6 is 11.6 Å². The molecule has 0 saturated carbocycles. The molecule has 0 aliphatic heterocycles. The summed E-state index contributed by atoms with van der Waals surface area (Å²) in [4.78, 5) is 13.9. The maximum atomic E-state index is 13.8. The van der Waals surface area contributed by atoms with E-state index in [1.807, 2.05) is 13.8 Å². The van der Waals surface area contributed by atoms with Gasteiger partial charge in [0.15, 0.2) is 0 Å². The molecule has 0 heterocycles. The number of aryl methyl sites for hydroxylation is 1. The second-order valence-electron chi connectivity index (χ2n) is 4.62. The van der Waals surface area contributed by atoms with Gasteiger partial charge in [-0.3, -0.25) is 4.79 Å². The fourth-order valence-electron chi connectivity index (χ4n) is 1.77. The van der Waals surface area contributed by atoms with Crippen LogP contribution in [-0.2, 0) is 0 Å². The first-order valence-corrected chi connectivity index (χ1v) is 6.64. The number of carbonyl (C=O) groups excluding carboxylic acids is 1. The van der Waals surface area contributed by atoms with Gasteiger partial charge >= 0.3 is 0 Å². The molecule has 1 amide bonds. The van der Waals surface area contributed by atoms with E-state index >= 15 is 0 Å². The monoisotopic (exact) mass is 271 g/mol. The van der Waals surface area contributed by atoms with Crippen LogP contribution in [0.25, 0.3) is 0 Å². The number of amides is 1. The summed E-state index contributed by atoms with van der Waals surface area (Å²) < 4.78 is 13.8. The van der Waals surface area contributed by atoms with Crippen LogP contribution in [-0.4, -0.2) is 29.3 Å². The average Bonchev–Trinajstić information content (AvgIpc) is 2.28. The summed E-state index contributed by atoms with van der Waals surface area (Å²) in [7, 11) is 0. The van der Waals surface area contributed by atoms with E-state index in [-0.39, 0.29) is 17.5 Å². The Morgan fingerprint density at radius 3 is 2.61 bits per heavy atom. The lowest BCUT2D eigenvalue weighted by atomic mass is 10.1. The molecule has 0 radical (unpaired) electrons. The number of nitrogens with zero attached hydrogens (tertiary/aromatic N) is 1. The lowest BCUT2D eigenvalue weighted by molar-refractivity contribution is 0.0701. The zero-order valence-electron chi connectivity index (χ0n) is 11.0. The van der Waals surface area contributed by atoms with Crippen LogP contribution in [0.1, 0.15) is 36.2 Å². The van der Waals surface area contributed by atoms with Gasteiger partial charge in [0.25, 0.3) is 5.91 Å². The van der Waals surface area contributed by atoms with Crippen molar-refractivity contribution in [3.8, 4) is 0 Å². The molecule has 4 heteroatoms. The van der Waals surface area contributed by atoms with Gasteiger partial charge in [0.05, 0.1) is 5.56 Å². The van der Waals surface area contributed by atoms with E-state index in [9.17, 15) is 9.18 Å². The van der Waals surface area contributed by atoms with Crippen molar-refractivity contribution in [3.63, 3.8) is 0 Å². The minimum Gasteiger partial charge on any atom is -0.336 e. The molecule has 0 fully saturated rings. The molecule has 0 unspecified atom stereocenters. The molecule has 0 aliphatic rings. The van der Waals surface area contributed by atoms with Crippen molar-refractivity contribution >= 4 is 17.5 Å². The minimum absolute atomic E-state index is 0.0291. The van der Waals surface area contributed by atoms with Crippen LogP contribution in [0.5, 0.6) is 0 Å². The molecule has 0 atom stereocenters. The fraction of sp³-hybridized carbons (Fsp3) is 0.500. The zero-order valence-corrected chi connectivity index (χ0v) is 11.8. The van der Waals surface area contributed by atoms with Gasteiger partial charge in [-0.1, -0.05) is 6.07 Å². The molecular formula is C14H19ClFNO. The van der Waals surface area contributed by atoms with Gasteiger partial charge in [-0.05, 0) is 44.9 Å². The van der Waals surface area contributed by atoms with Gasteiger partial charge in [0.1, 0.15) is 5.82 Å². The van der Waals surface area contributed by atoms with E-state index in [4.69, 9.17) is 11.6 Å². The van der Waals surface area contributed by atoms with Gasteiger partial charge < -0.3 is 4.90 Å². The summed E-state index contributed by atoms with van der Waals surface area (Å²) in [5, 5.41) is 0. The van der Waals surface area contributed by atoms with Gasteiger partial charge in [0.2, 0.25) is 0 Å². The summed E-state index contributed by atoms with van der Waals surface area (Å²) in [6.07, 6.45) is 0.707. The van der Waals surface area contributed by atoms with E-state index < -0.39 is 5.82 Å². The first-order chi connectivity index (χ1) is 8.47. The topological polar surface area (TPSA) is 20.3 Å². The Kier molecular flexibility index (Phi) is 5.60. The molecule has 0 bridgehead atoms. The second kappa shape index (κ2) is 6.74. The first kappa shape index (κ1) is 15.0. The molecule has 0 saturated heterocycles. The fourth-order valence-corrected chi connectivity index (χ4v) is 1.89. The minimum atomic E-state index is -0.462. The van der Waals surface area contributed by atoms with Crippen molar-refractivity contribution in [2.24, 2.45) is 0 Å². The number of alkyl halides is 1. The van der Waals surface area contributed by atoms with Crippen LogP contribution in [0.3, 0.4) is 0 Å². The molecule has 0 aromatic heterocycles. The number of hydrogen-bond donors (Lipinski definition) is 0. The molecule has 0 N–H and O–H groups in total. The molecule has 18 heavy (non-hydrogen) atoms. The van der Waals surface area contributed by atoms with Crippen molar-refractivity contribution in [1.29, 1.82) is 0 Å². The number of hydrogen-bond acceptors (Lipinski definition) is 1. The highest BCUT2D eigenvalue weighted by Crippen LogP contribution is 2.14. The molecule has 2 nitrogen and oxygen atoms in total. The second-order valence-corrected chi connectivity index (χ2v) is 5.00. The Balaban J connectivity index is 2.94. The smallest absolute Gasteiger partial charge is 0.257 e. The first-order valence-electron chi connectivity index (χ1n) is 6.10. The Morgan fingerprint density at radius 2 is 2.11 bits per heavy atom. The molecule has 1 aromatic carbocycles. The van der Waals surface area contributed by atoms with E-state index in [1.165, 1.54) is 6.07 Å². The number of carbonyl (C=O) groups is 1. The lowest BCUT2D eigenvalue weighted by Gasteiger charge is -2.26. The highest BCUT2D eigenvalue weighted by atomic mass is 35.5. The van der Waals surface area contributed by atoms with Crippen molar-refractivity contribution in [1.82, 2.24) is 4.90 Å². The third-order valence-electron chi connectivity index (χ3n) is 2.77. The molecule has 0 aliphatic carbocycles. The Hall–Kier alpha value is -1.09. The van der Waals surface area contributed by atoms with Crippen LogP contribution in [0.4, 0.5) is 4.39 Å². The summed E-state index contributed by atoms with van der Waals surface area (Å²) in [6.45, 7) is 6.18. The van der Waals surface area contributed by atoms with Crippen LogP contribution in [0.15, 0.2) is 18.2 Å². The van der Waals surface area contributed by atoms with Crippen LogP contribution in [0, 0.1) is 12.7 Å². The van der Waals surface area contributed by atoms with E-state index in [1.54, 1.807) is 24.0 Å². The lowest BCUT2D eigenvalue weighted by Crippen LogP contribution is -2.38. The summed E-state index contributed by atoms with van der Waals surface area (Å²) >= 11 is 5.64. The average molecular weight is 272 g/mol. The molecular weight excluding hydrogens is 253 g/mol. The Bertz CT molecular complexity index is 420. The number of rotatable bonds is 5. The third-order valence-corrected chi connectivity index (χ3v) is 3.04. The standard InChI is InChI=1S/C14H19ClFNO/c1-10(2)17(8-4-7-15)14(18)12-6-5-11(3)9-13(12)16/h5-6,9-10H,4,7-8H2,1-3H3. The SMILES string of the molecule is Cc1ccc(C(=O)N(CCCCl)C(C)C)c(F)c1. The molecule has 0 spiro atoms. The van der Waals surface area contributed by atoms with E-state index in [0.717, 1.165) is 5.56 Å². The largest absolute Gasteiger partial charge is 0.336 e. The number of benzene rings is 1. The predicted octanol–water partition coefficient (Wildman–Crippen LogP) is 3.61. The quantitative estimate of drug-likeness (QED) is 0.749. The molecule has 1 rings (SSSR count). The van der Waals surface area contributed by atoms with Crippen LogP contribution < -0.4 is 0 Å². The highest BCUT2D eigenvalue weighted by molar-refractivity contribution is 6.17. The number of halogens is 2. The third kappa shape index (κ3) is 3.70. The predicted molar refractivity (Wildman–Crippen MR) is 72.6 cm³/mol. The summed E-state index contributed by atoms with van der Waals surface area (Å²) in [5.41, 5.74) is 0.935. The maximum absolute atomic E-state index is 13.8. The van der Waals surface area contributed by atoms with Crippen LogP contribution in [0.2, 0.25) is 0 Å². The van der Waals surface area contributed by atoms with Gasteiger partial charge in [-0.2, -0.15) is 0 Å². The Labute approximate surface area is 113 Å². The van der Waals surface area contributed by atoms with Gasteiger partial charge in [0, 0.05) is 18.5 Å². The van der Waals surface area contributed by atoms with Gasteiger partial charge in [-0.15, -0.1) is 11.6 Å². The van der Waals surface area contributed by atoms with E-state index in [0.29, 0.717) is 18.8 Å². The normalized spacial score (nSPS) is 10.8. The van der Waals surface area contributed by atoms with Crippen molar-refractivity contribution in [3.05, 3.63) is 35.1 Å². The molecule has 100 valence electrons. The zero-order chi connectivity index (χ0) is 13.7.